The number of aliphatic carboxylic acids is 2. The maximum Gasteiger partial charge on any atom is 0.322 e. The summed E-state index contributed by atoms with van der Waals surface area (Å²) in [5.74, 6) is -3.32. The largest absolute Gasteiger partial charge is 0.480 e. The third-order valence-corrected chi connectivity index (χ3v) is 4.87. The summed E-state index contributed by atoms with van der Waals surface area (Å²) in [6.07, 6.45) is -0.343. The van der Waals surface area contributed by atoms with E-state index in [4.69, 9.17) is 15.9 Å². The molecule has 0 bridgehead atoms. The first-order valence-electron chi connectivity index (χ1n) is 8.68. The minimum Gasteiger partial charge on any atom is -0.480 e. The lowest BCUT2D eigenvalue weighted by Gasteiger charge is -2.18. The van der Waals surface area contributed by atoms with Crippen molar-refractivity contribution in [3.8, 4) is 0 Å². The van der Waals surface area contributed by atoms with Crippen molar-refractivity contribution in [3.63, 3.8) is 0 Å². The van der Waals surface area contributed by atoms with Crippen LogP contribution in [-0.4, -0.2) is 63.3 Å². The van der Waals surface area contributed by atoms with Crippen molar-refractivity contribution < 1.29 is 34.3 Å². The predicted molar refractivity (Wildman–Crippen MR) is 107 cm³/mol. The van der Waals surface area contributed by atoms with Crippen LogP contribution in [0.3, 0.4) is 0 Å². The van der Waals surface area contributed by atoms with Crippen LogP contribution in [-0.2, 0) is 24.9 Å². The number of nitro groups is 1. The average molecular weight is 442 g/mol. The molecule has 0 aliphatic carbocycles. The fraction of sp³-hybridized carbons (Fsp3) is 0.412. The molecular weight excluding hydrogens is 420 g/mol. The van der Waals surface area contributed by atoms with Gasteiger partial charge < -0.3 is 26.6 Å². The first-order chi connectivity index (χ1) is 14.1. The molecule has 2 atom stereocenters. The second-order valence-electron chi connectivity index (χ2n) is 6.15. The van der Waals surface area contributed by atoms with Crippen molar-refractivity contribution in [1.29, 1.82) is 0 Å². The van der Waals surface area contributed by atoms with Gasteiger partial charge in [-0.15, -0.1) is 0 Å². The molecule has 30 heavy (non-hydrogen) atoms. The van der Waals surface area contributed by atoms with Crippen molar-refractivity contribution in [2.75, 3.05) is 12.3 Å². The van der Waals surface area contributed by atoms with Crippen LogP contribution < -0.4 is 16.4 Å². The van der Waals surface area contributed by atoms with Gasteiger partial charge in [-0.2, -0.15) is 11.8 Å². The summed E-state index contributed by atoms with van der Waals surface area (Å²) in [5, 5.41) is 32.7. The number of non-ortho nitro benzene ring substituents is 1. The quantitative estimate of drug-likeness (QED) is 0.199. The summed E-state index contributed by atoms with van der Waals surface area (Å²) in [6.45, 7) is -0.623. The van der Waals surface area contributed by atoms with E-state index >= 15 is 0 Å². The van der Waals surface area contributed by atoms with E-state index < -0.39 is 47.3 Å². The molecule has 2 amide bonds. The number of rotatable bonds is 13. The van der Waals surface area contributed by atoms with E-state index in [-0.39, 0.29) is 24.3 Å². The predicted octanol–water partition coefficient (Wildman–Crippen LogP) is -0.294. The number of nitrogens with zero attached hydrogens (tertiary/aromatic N) is 1. The molecule has 6 N–H and O–H groups in total. The topological polar surface area (TPSA) is 202 Å². The SMILES string of the molecule is N[C@H](CCC(=O)N[C@H](CSCc1ccc([N+](=O)[O-])cc1)C(=O)NCC(=O)O)C(=O)O. The number of nitrogens with one attached hydrogen (secondary N) is 2. The van der Waals surface area contributed by atoms with Gasteiger partial charge in [0, 0.05) is 30.1 Å². The molecule has 164 valence electrons. The molecule has 0 fully saturated rings. The first-order valence-corrected chi connectivity index (χ1v) is 9.84. The number of carboxylic acid groups (broad SMARTS) is 2. The zero-order chi connectivity index (χ0) is 22.7. The Labute approximate surface area is 175 Å². The van der Waals surface area contributed by atoms with Gasteiger partial charge in [-0.25, -0.2) is 0 Å². The van der Waals surface area contributed by atoms with Gasteiger partial charge in [0.15, 0.2) is 0 Å². The van der Waals surface area contributed by atoms with E-state index in [2.05, 4.69) is 10.6 Å². The van der Waals surface area contributed by atoms with Crippen LogP contribution in [0.2, 0.25) is 0 Å². The summed E-state index contributed by atoms with van der Waals surface area (Å²) in [5.41, 5.74) is 6.04. The van der Waals surface area contributed by atoms with Crippen LogP contribution >= 0.6 is 11.8 Å². The molecular formula is C17H22N4O8S. The van der Waals surface area contributed by atoms with Gasteiger partial charge in [0.2, 0.25) is 11.8 Å². The summed E-state index contributed by atoms with van der Waals surface area (Å²) in [7, 11) is 0. The van der Waals surface area contributed by atoms with Crippen LogP contribution in [0.4, 0.5) is 5.69 Å². The maximum absolute atomic E-state index is 12.2. The third kappa shape index (κ3) is 9.34. The Morgan fingerprint density at radius 1 is 1.17 bits per heavy atom. The number of nitro benzene ring substituents is 1. The van der Waals surface area contributed by atoms with Gasteiger partial charge in [0.05, 0.1) is 4.92 Å². The van der Waals surface area contributed by atoms with E-state index in [0.29, 0.717) is 5.75 Å². The fourth-order valence-corrected chi connectivity index (χ4v) is 3.17. The highest BCUT2D eigenvalue weighted by molar-refractivity contribution is 7.98. The summed E-state index contributed by atoms with van der Waals surface area (Å²) < 4.78 is 0. The minimum atomic E-state index is -1.25. The van der Waals surface area contributed by atoms with Crippen LogP contribution in [0.25, 0.3) is 0 Å². The molecule has 0 aliphatic rings. The van der Waals surface area contributed by atoms with E-state index in [0.717, 1.165) is 5.56 Å². The van der Waals surface area contributed by atoms with Crippen LogP contribution in [0.1, 0.15) is 18.4 Å². The number of thioether (sulfide) groups is 1. The van der Waals surface area contributed by atoms with E-state index in [1.54, 1.807) is 12.1 Å². The van der Waals surface area contributed by atoms with Gasteiger partial charge in [-0.1, -0.05) is 12.1 Å². The van der Waals surface area contributed by atoms with Crippen molar-refractivity contribution >= 4 is 41.2 Å². The molecule has 0 unspecified atom stereocenters. The van der Waals surface area contributed by atoms with Crippen molar-refractivity contribution in [3.05, 3.63) is 39.9 Å². The summed E-state index contributed by atoms with van der Waals surface area (Å²) in [6, 6.07) is 3.56. The molecule has 12 nitrogen and oxygen atoms in total. The standard InChI is InChI=1S/C17H22N4O8S/c18-12(17(26)27)5-6-14(22)20-13(16(25)19-7-15(23)24)9-30-8-10-1-3-11(4-2-10)21(28)29/h1-4,12-13H,5-9,18H2,(H,19,25)(H,20,22)(H,23,24)(H,26,27)/t12-,13-/m1/s1. The summed E-state index contributed by atoms with van der Waals surface area (Å²) in [4.78, 5) is 55.7. The summed E-state index contributed by atoms with van der Waals surface area (Å²) >= 11 is 1.25. The Hall–Kier alpha value is -3.19. The zero-order valence-electron chi connectivity index (χ0n) is 15.8. The van der Waals surface area contributed by atoms with Crippen molar-refractivity contribution in [2.24, 2.45) is 5.73 Å². The lowest BCUT2D eigenvalue weighted by molar-refractivity contribution is -0.384. The molecule has 0 spiro atoms. The fourth-order valence-electron chi connectivity index (χ4n) is 2.15. The molecule has 0 aromatic heterocycles. The molecule has 0 aliphatic heterocycles. The van der Waals surface area contributed by atoms with E-state index in [1.165, 1.54) is 23.9 Å². The third-order valence-electron chi connectivity index (χ3n) is 3.77. The van der Waals surface area contributed by atoms with Gasteiger partial charge in [0.25, 0.3) is 5.69 Å². The second kappa shape index (κ2) is 12.4. The van der Waals surface area contributed by atoms with Gasteiger partial charge in [-0.05, 0) is 12.0 Å². The highest BCUT2D eigenvalue weighted by Gasteiger charge is 2.22. The number of carboxylic acids is 2. The van der Waals surface area contributed by atoms with E-state index in [1.807, 2.05) is 0 Å². The van der Waals surface area contributed by atoms with E-state index in [9.17, 15) is 29.3 Å². The smallest absolute Gasteiger partial charge is 0.322 e. The van der Waals surface area contributed by atoms with Gasteiger partial charge in [-0.3, -0.25) is 29.3 Å². The van der Waals surface area contributed by atoms with Crippen LogP contribution in [0, 0.1) is 10.1 Å². The van der Waals surface area contributed by atoms with Crippen LogP contribution in [0.5, 0.6) is 0 Å². The molecule has 1 aromatic carbocycles. The molecule has 1 rings (SSSR count). The number of hydrogen-bond acceptors (Lipinski definition) is 8. The average Bonchev–Trinajstić information content (AvgIpc) is 2.69. The highest BCUT2D eigenvalue weighted by Crippen LogP contribution is 2.17. The number of carbonyl (C=O) groups is 4. The van der Waals surface area contributed by atoms with Gasteiger partial charge >= 0.3 is 11.9 Å². The van der Waals surface area contributed by atoms with Crippen molar-refractivity contribution in [1.82, 2.24) is 10.6 Å². The second-order valence-corrected chi connectivity index (χ2v) is 7.18. The zero-order valence-corrected chi connectivity index (χ0v) is 16.6. The Morgan fingerprint density at radius 2 is 1.80 bits per heavy atom. The molecule has 13 heteroatoms. The lowest BCUT2D eigenvalue weighted by Crippen LogP contribution is -2.49. The lowest BCUT2D eigenvalue weighted by atomic mass is 10.1. The Kier molecular flexibility index (Phi) is 10.3. The highest BCUT2D eigenvalue weighted by atomic mass is 32.2. The number of amides is 2. The Morgan fingerprint density at radius 3 is 2.33 bits per heavy atom. The number of carbonyl (C=O) groups excluding carboxylic acids is 2. The molecule has 1 aromatic rings. The number of nitrogens with two attached hydrogens (primary N) is 1. The van der Waals surface area contributed by atoms with Crippen LogP contribution in [0.15, 0.2) is 24.3 Å². The van der Waals surface area contributed by atoms with Gasteiger partial charge in [0.1, 0.15) is 18.6 Å². The number of benzene rings is 1. The van der Waals surface area contributed by atoms with Crippen molar-refractivity contribution in [2.45, 2.75) is 30.7 Å². The Bertz CT molecular complexity index is 786. The maximum atomic E-state index is 12.2. The first kappa shape index (κ1) is 24.8. The Balaban J connectivity index is 2.64. The minimum absolute atomic E-state index is 0.0542. The molecule has 0 heterocycles. The number of hydrogen-bond donors (Lipinski definition) is 5. The normalized spacial score (nSPS) is 12.4. The monoisotopic (exact) mass is 442 g/mol. The molecule has 0 saturated carbocycles. The molecule has 0 radical (unpaired) electrons. The molecule has 0 saturated heterocycles.